The Kier molecular flexibility index (Phi) is 6.59. The summed E-state index contributed by atoms with van der Waals surface area (Å²) in [5.41, 5.74) is 3.19. The SMILES string of the molecule is C=CCn1c(SCC(=O)N(C)Cc2ccc(C)cc2)nc2sc(C)c(C)c2c1=O. The lowest BCUT2D eigenvalue weighted by Crippen LogP contribution is -2.28. The Hall–Kier alpha value is -2.38. The molecule has 2 heterocycles. The number of carbonyl (C=O) groups excluding carboxylic acids is 1. The molecule has 0 radical (unpaired) electrons. The van der Waals surface area contributed by atoms with E-state index in [1.807, 2.05) is 45.0 Å². The average Bonchev–Trinajstić information content (AvgIpc) is 2.98. The molecule has 0 aliphatic carbocycles. The minimum absolute atomic E-state index is 0.00591. The lowest BCUT2D eigenvalue weighted by Gasteiger charge is -2.17. The van der Waals surface area contributed by atoms with Gasteiger partial charge in [0.15, 0.2) is 5.16 Å². The minimum Gasteiger partial charge on any atom is -0.341 e. The molecular formula is C22H25N3O2S2. The first-order valence-corrected chi connectivity index (χ1v) is 11.2. The van der Waals surface area contributed by atoms with Crippen molar-refractivity contribution in [3.63, 3.8) is 0 Å². The number of rotatable bonds is 7. The number of benzene rings is 1. The smallest absolute Gasteiger partial charge is 0.263 e. The van der Waals surface area contributed by atoms with Crippen molar-refractivity contribution in [2.45, 2.75) is 39.0 Å². The topological polar surface area (TPSA) is 55.2 Å². The van der Waals surface area contributed by atoms with Gasteiger partial charge in [-0.15, -0.1) is 17.9 Å². The number of allylic oxidation sites excluding steroid dienone is 1. The van der Waals surface area contributed by atoms with Gasteiger partial charge in [0.2, 0.25) is 5.91 Å². The molecule has 0 aliphatic rings. The zero-order chi connectivity index (χ0) is 21.1. The van der Waals surface area contributed by atoms with Crippen LogP contribution in [0.5, 0.6) is 0 Å². The second kappa shape index (κ2) is 8.97. The molecule has 0 saturated carbocycles. The highest BCUT2D eigenvalue weighted by Gasteiger charge is 2.18. The van der Waals surface area contributed by atoms with Crippen molar-refractivity contribution in [2.75, 3.05) is 12.8 Å². The van der Waals surface area contributed by atoms with Gasteiger partial charge in [-0.25, -0.2) is 4.98 Å². The predicted octanol–water partition coefficient (Wildman–Crippen LogP) is 4.32. The first kappa shape index (κ1) is 21.3. The number of aromatic nitrogens is 2. The second-order valence-electron chi connectivity index (χ2n) is 7.09. The Morgan fingerprint density at radius 3 is 2.62 bits per heavy atom. The van der Waals surface area contributed by atoms with E-state index in [-0.39, 0.29) is 17.2 Å². The van der Waals surface area contributed by atoms with Crippen LogP contribution in [-0.2, 0) is 17.9 Å². The predicted molar refractivity (Wildman–Crippen MR) is 122 cm³/mol. The molecular weight excluding hydrogens is 402 g/mol. The lowest BCUT2D eigenvalue weighted by atomic mass is 10.1. The van der Waals surface area contributed by atoms with Crippen molar-refractivity contribution in [2.24, 2.45) is 0 Å². The Labute approximate surface area is 179 Å². The van der Waals surface area contributed by atoms with Gasteiger partial charge in [0.25, 0.3) is 5.56 Å². The van der Waals surface area contributed by atoms with E-state index in [9.17, 15) is 9.59 Å². The number of hydrogen-bond acceptors (Lipinski definition) is 5. The standard InChI is InChI=1S/C22H25N3O2S2/c1-6-11-25-21(27)19-15(3)16(4)29-20(19)23-22(25)28-13-18(26)24(5)12-17-9-7-14(2)8-10-17/h6-10H,1,11-13H2,2-5H3. The highest BCUT2D eigenvalue weighted by molar-refractivity contribution is 7.99. The van der Waals surface area contributed by atoms with Crippen LogP contribution in [0.2, 0.25) is 0 Å². The highest BCUT2D eigenvalue weighted by Crippen LogP contribution is 2.28. The molecule has 0 bridgehead atoms. The Morgan fingerprint density at radius 1 is 1.28 bits per heavy atom. The van der Waals surface area contributed by atoms with Crippen molar-refractivity contribution >= 4 is 39.2 Å². The summed E-state index contributed by atoms with van der Waals surface area (Å²) in [4.78, 5) is 33.8. The summed E-state index contributed by atoms with van der Waals surface area (Å²) in [5, 5.41) is 1.22. The monoisotopic (exact) mass is 427 g/mol. The van der Waals surface area contributed by atoms with E-state index in [0.717, 1.165) is 20.8 Å². The summed E-state index contributed by atoms with van der Waals surface area (Å²) in [5.74, 6) is 0.217. The summed E-state index contributed by atoms with van der Waals surface area (Å²) in [6, 6.07) is 8.15. The Morgan fingerprint density at radius 2 is 1.97 bits per heavy atom. The molecule has 0 unspecified atom stereocenters. The molecule has 0 N–H and O–H groups in total. The van der Waals surface area contributed by atoms with Crippen LogP contribution in [0.15, 0.2) is 46.9 Å². The Balaban J connectivity index is 1.79. The van der Waals surface area contributed by atoms with Gasteiger partial charge >= 0.3 is 0 Å². The Bertz CT molecular complexity index is 1110. The second-order valence-corrected chi connectivity index (χ2v) is 9.23. The maximum Gasteiger partial charge on any atom is 0.263 e. The van der Waals surface area contributed by atoms with E-state index in [1.165, 1.54) is 28.7 Å². The van der Waals surface area contributed by atoms with Gasteiger partial charge in [-0.3, -0.25) is 14.2 Å². The maximum absolute atomic E-state index is 13.0. The minimum atomic E-state index is -0.0697. The fraction of sp³-hybridized carbons (Fsp3) is 0.318. The van der Waals surface area contributed by atoms with Gasteiger partial charge in [-0.05, 0) is 31.9 Å². The van der Waals surface area contributed by atoms with Crippen LogP contribution in [0.3, 0.4) is 0 Å². The quantitative estimate of drug-likeness (QED) is 0.320. The number of hydrogen-bond donors (Lipinski definition) is 0. The van der Waals surface area contributed by atoms with Crippen LogP contribution in [0.25, 0.3) is 10.2 Å². The molecule has 1 amide bonds. The molecule has 5 nitrogen and oxygen atoms in total. The molecule has 152 valence electrons. The first-order valence-electron chi connectivity index (χ1n) is 9.35. The van der Waals surface area contributed by atoms with E-state index in [0.29, 0.717) is 23.6 Å². The molecule has 3 aromatic rings. The van der Waals surface area contributed by atoms with Crippen LogP contribution < -0.4 is 5.56 Å². The molecule has 0 aliphatic heterocycles. The summed E-state index contributed by atoms with van der Waals surface area (Å²) >= 11 is 2.82. The van der Waals surface area contributed by atoms with Crippen LogP contribution >= 0.6 is 23.1 Å². The largest absolute Gasteiger partial charge is 0.341 e. The van der Waals surface area contributed by atoms with Crippen molar-refractivity contribution in [3.05, 3.63) is 68.8 Å². The van der Waals surface area contributed by atoms with Crippen molar-refractivity contribution < 1.29 is 4.79 Å². The molecule has 0 atom stereocenters. The van der Waals surface area contributed by atoms with Crippen LogP contribution in [0, 0.1) is 20.8 Å². The van der Waals surface area contributed by atoms with Crippen LogP contribution in [-0.4, -0.2) is 33.2 Å². The fourth-order valence-corrected chi connectivity index (χ4v) is 5.02. The van der Waals surface area contributed by atoms with Crippen LogP contribution in [0.1, 0.15) is 21.6 Å². The average molecular weight is 428 g/mol. The number of aryl methyl sites for hydroxylation is 3. The van der Waals surface area contributed by atoms with Gasteiger partial charge in [0.1, 0.15) is 4.83 Å². The van der Waals surface area contributed by atoms with Gasteiger partial charge < -0.3 is 4.90 Å². The summed E-state index contributed by atoms with van der Waals surface area (Å²) < 4.78 is 1.60. The molecule has 0 fully saturated rings. The van der Waals surface area contributed by atoms with Crippen molar-refractivity contribution in [3.8, 4) is 0 Å². The van der Waals surface area contributed by atoms with E-state index < -0.39 is 0 Å². The number of thioether (sulfide) groups is 1. The first-order chi connectivity index (χ1) is 13.8. The van der Waals surface area contributed by atoms with Gasteiger partial charge in [0.05, 0.1) is 11.1 Å². The summed E-state index contributed by atoms with van der Waals surface area (Å²) in [6.45, 7) is 10.7. The lowest BCUT2D eigenvalue weighted by molar-refractivity contribution is -0.127. The summed E-state index contributed by atoms with van der Waals surface area (Å²) in [6.07, 6.45) is 1.68. The maximum atomic E-state index is 13.0. The third-order valence-corrected chi connectivity index (χ3v) is 6.92. The zero-order valence-corrected chi connectivity index (χ0v) is 18.8. The van der Waals surface area contributed by atoms with Gasteiger partial charge in [-0.2, -0.15) is 0 Å². The van der Waals surface area contributed by atoms with Gasteiger partial charge in [0, 0.05) is 25.0 Å². The van der Waals surface area contributed by atoms with Crippen molar-refractivity contribution in [1.29, 1.82) is 0 Å². The van der Waals surface area contributed by atoms with E-state index in [1.54, 1.807) is 22.6 Å². The molecule has 29 heavy (non-hydrogen) atoms. The van der Waals surface area contributed by atoms with Crippen molar-refractivity contribution in [1.82, 2.24) is 14.5 Å². The number of fused-ring (bicyclic) bond motifs is 1. The third-order valence-electron chi connectivity index (χ3n) is 4.86. The highest BCUT2D eigenvalue weighted by atomic mass is 32.2. The van der Waals surface area contributed by atoms with Gasteiger partial charge in [-0.1, -0.05) is 47.7 Å². The number of carbonyl (C=O) groups is 1. The number of nitrogens with zero attached hydrogens (tertiary/aromatic N) is 3. The van der Waals surface area contributed by atoms with E-state index in [2.05, 4.69) is 11.6 Å². The fourth-order valence-electron chi connectivity index (χ4n) is 3.00. The molecule has 2 aromatic heterocycles. The zero-order valence-electron chi connectivity index (χ0n) is 17.2. The summed E-state index contributed by atoms with van der Waals surface area (Å²) in [7, 11) is 1.79. The molecule has 1 aromatic carbocycles. The van der Waals surface area contributed by atoms with E-state index >= 15 is 0 Å². The molecule has 0 saturated heterocycles. The number of thiophene rings is 1. The molecule has 3 rings (SSSR count). The molecule has 0 spiro atoms. The third kappa shape index (κ3) is 4.62. The van der Waals surface area contributed by atoms with E-state index in [4.69, 9.17) is 0 Å². The van der Waals surface area contributed by atoms with Crippen LogP contribution in [0.4, 0.5) is 0 Å². The number of amides is 1. The molecule has 7 heteroatoms. The normalized spacial score (nSPS) is 11.0.